The highest BCUT2D eigenvalue weighted by Crippen LogP contribution is 2.14. The molecule has 1 aliphatic heterocycles. The Morgan fingerprint density at radius 2 is 1.82 bits per heavy atom. The average Bonchev–Trinajstić information content (AvgIpc) is 2.65. The number of ether oxygens (including phenoxy) is 2. The molecule has 156 valence electrons. The Labute approximate surface area is 165 Å². The molecule has 0 radical (unpaired) electrons. The fraction of sp³-hybridized carbons (Fsp3) is 0.579. The Morgan fingerprint density at radius 1 is 1.21 bits per heavy atom. The first-order chi connectivity index (χ1) is 13.2. The van der Waals surface area contributed by atoms with E-state index in [9.17, 15) is 9.90 Å². The van der Waals surface area contributed by atoms with Crippen molar-refractivity contribution in [2.45, 2.75) is 32.5 Å². The number of benzene rings is 1. The maximum Gasteiger partial charge on any atom is 0.410 e. The van der Waals surface area contributed by atoms with Crippen LogP contribution >= 0.6 is 0 Å². The van der Waals surface area contributed by atoms with Crippen LogP contribution in [-0.4, -0.2) is 83.1 Å². The van der Waals surface area contributed by atoms with Crippen LogP contribution in [0.4, 0.5) is 4.79 Å². The van der Waals surface area contributed by atoms with Crippen molar-refractivity contribution in [1.82, 2.24) is 15.3 Å². The van der Waals surface area contributed by atoms with E-state index in [0.717, 1.165) is 0 Å². The van der Waals surface area contributed by atoms with E-state index < -0.39 is 11.7 Å². The van der Waals surface area contributed by atoms with Gasteiger partial charge in [0.15, 0.2) is 0 Å². The van der Waals surface area contributed by atoms with Gasteiger partial charge in [-0.3, -0.25) is 21.0 Å². The molecular weight excluding hydrogens is 364 g/mol. The molecule has 1 amide bonds. The lowest BCUT2D eigenvalue weighted by atomic mass is 10.2. The van der Waals surface area contributed by atoms with Crippen molar-refractivity contribution in [2.75, 3.05) is 39.3 Å². The minimum atomic E-state index is -0.662. The third kappa shape index (κ3) is 6.99. The summed E-state index contributed by atoms with van der Waals surface area (Å²) in [6.45, 7) is 8.60. The molecule has 9 heteroatoms. The lowest BCUT2D eigenvalue weighted by molar-refractivity contribution is 0.00713. The summed E-state index contributed by atoms with van der Waals surface area (Å²) in [7, 11) is 0. The summed E-state index contributed by atoms with van der Waals surface area (Å²) in [6, 6.07) is 6.63. The van der Waals surface area contributed by atoms with E-state index in [1.165, 1.54) is 0 Å². The summed E-state index contributed by atoms with van der Waals surface area (Å²) in [5.41, 5.74) is 1.80. The van der Waals surface area contributed by atoms with Crippen LogP contribution in [0.15, 0.2) is 24.3 Å². The molecule has 1 aliphatic rings. The highest BCUT2D eigenvalue weighted by Gasteiger charge is 2.26. The molecule has 28 heavy (non-hydrogen) atoms. The molecule has 0 bridgehead atoms. The smallest absolute Gasteiger partial charge is 0.410 e. The van der Waals surface area contributed by atoms with Gasteiger partial charge < -0.3 is 19.5 Å². The number of aliphatic hydroxyl groups is 1. The number of hydrogen-bond donors (Lipinski definition) is 4. The van der Waals surface area contributed by atoms with Crippen molar-refractivity contribution < 1.29 is 24.6 Å². The lowest BCUT2D eigenvalue weighted by Gasteiger charge is -2.36. The quantitative estimate of drug-likeness (QED) is 0.326. The number of amidine groups is 1. The maximum atomic E-state index is 12.1. The molecule has 4 N–H and O–H groups in total. The van der Waals surface area contributed by atoms with Gasteiger partial charge in [-0.2, -0.15) is 0 Å². The van der Waals surface area contributed by atoms with Crippen molar-refractivity contribution in [3.63, 3.8) is 0 Å². The molecule has 1 heterocycles. The molecule has 2 rings (SSSR count). The van der Waals surface area contributed by atoms with Crippen LogP contribution in [0.5, 0.6) is 5.75 Å². The highest BCUT2D eigenvalue weighted by atomic mass is 16.6. The number of carbonyl (C=O) groups is 1. The van der Waals surface area contributed by atoms with Crippen molar-refractivity contribution >= 4 is 11.9 Å². The Morgan fingerprint density at radius 3 is 2.36 bits per heavy atom. The molecule has 0 aromatic heterocycles. The van der Waals surface area contributed by atoms with Gasteiger partial charge in [-0.1, -0.05) is 0 Å². The fourth-order valence-electron chi connectivity index (χ4n) is 2.77. The highest BCUT2D eigenvalue weighted by molar-refractivity contribution is 5.95. The largest absolute Gasteiger partial charge is 0.491 e. The molecular formula is C19H30N4O5. The predicted molar refractivity (Wildman–Crippen MR) is 104 cm³/mol. The Kier molecular flexibility index (Phi) is 7.61. The normalized spacial score (nSPS) is 16.4. The van der Waals surface area contributed by atoms with Crippen LogP contribution in [-0.2, 0) is 4.74 Å². The first-order valence-electron chi connectivity index (χ1n) is 9.28. The van der Waals surface area contributed by atoms with E-state index >= 15 is 0 Å². The number of piperazine rings is 1. The summed E-state index contributed by atoms with van der Waals surface area (Å²) in [6.07, 6.45) is -0.964. The van der Waals surface area contributed by atoms with E-state index in [0.29, 0.717) is 44.0 Å². The topological polar surface area (TPSA) is 118 Å². The van der Waals surface area contributed by atoms with E-state index in [-0.39, 0.29) is 18.5 Å². The SMILES string of the molecule is CC(C)(C)OC(=O)N1CCN(CC(O)COc2ccc(C(=N)NO)cc2)CC1. The number of carbonyl (C=O) groups excluding carboxylic acids is 1. The van der Waals surface area contributed by atoms with E-state index in [1.54, 1.807) is 34.6 Å². The number of nitrogens with zero attached hydrogens (tertiary/aromatic N) is 2. The second-order valence-corrected chi connectivity index (χ2v) is 7.74. The van der Waals surface area contributed by atoms with Crippen LogP contribution in [0, 0.1) is 5.41 Å². The Hall–Kier alpha value is -2.36. The van der Waals surface area contributed by atoms with Crippen LogP contribution < -0.4 is 10.2 Å². The summed E-state index contributed by atoms with van der Waals surface area (Å²) in [5.74, 6) is 0.473. The maximum absolute atomic E-state index is 12.1. The zero-order valence-corrected chi connectivity index (χ0v) is 16.6. The molecule has 1 atom stereocenters. The van der Waals surface area contributed by atoms with Crippen LogP contribution in [0.3, 0.4) is 0 Å². The van der Waals surface area contributed by atoms with Gasteiger partial charge in [-0.15, -0.1) is 0 Å². The van der Waals surface area contributed by atoms with Crippen molar-refractivity contribution in [3.8, 4) is 5.75 Å². The van der Waals surface area contributed by atoms with Crippen molar-refractivity contribution in [3.05, 3.63) is 29.8 Å². The molecule has 1 saturated heterocycles. The fourth-order valence-corrected chi connectivity index (χ4v) is 2.77. The standard InChI is InChI=1S/C19H30N4O5/c1-19(2,3)28-18(25)23-10-8-22(9-11-23)12-15(24)13-27-16-6-4-14(5-7-16)17(20)21-26/h4-7,15,24,26H,8-13H2,1-3H3,(H2,20,21). The van der Waals surface area contributed by atoms with Gasteiger partial charge in [0.25, 0.3) is 0 Å². The molecule has 1 fully saturated rings. The number of nitrogens with one attached hydrogen (secondary N) is 2. The van der Waals surface area contributed by atoms with Gasteiger partial charge in [-0.25, -0.2) is 4.79 Å². The van der Waals surface area contributed by atoms with Gasteiger partial charge >= 0.3 is 6.09 Å². The van der Waals surface area contributed by atoms with Crippen molar-refractivity contribution in [1.29, 1.82) is 5.41 Å². The third-order valence-corrected chi connectivity index (χ3v) is 4.19. The molecule has 9 nitrogen and oxygen atoms in total. The predicted octanol–water partition coefficient (Wildman–Crippen LogP) is 1.28. The summed E-state index contributed by atoms with van der Waals surface area (Å²) >= 11 is 0. The number of hydroxylamine groups is 1. The van der Waals surface area contributed by atoms with Gasteiger partial charge in [0.05, 0.1) is 0 Å². The average molecular weight is 394 g/mol. The molecule has 1 aromatic carbocycles. The second-order valence-electron chi connectivity index (χ2n) is 7.74. The Balaban J connectivity index is 1.70. The zero-order chi connectivity index (χ0) is 20.7. The minimum absolute atomic E-state index is 0.0999. The first-order valence-corrected chi connectivity index (χ1v) is 9.28. The van der Waals surface area contributed by atoms with Gasteiger partial charge in [-0.05, 0) is 45.0 Å². The second kappa shape index (κ2) is 9.72. The van der Waals surface area contributed by atoms with Gasteiger partial charge in [0.1, 0.15) is 29.9 Å². The van der Waals surface area contributed by atoms with E-state index in [1.807, 2.05) is 20.8 Å². The van der Waals surface area contributed by atoms with Gasteiger partial charge in [0.2, 0.25) is 0 Å². The number of aliphatic hydroxyl groups excluding tert-OH is 1. The number of rotatable bonds is 6. The van der Waals surface area contributed by atoms with Crippen LogP contribution in [0.25, 0.3) is 0 Å². The van der Waals surface area contributed by atoms with Crippen molar-refractivity contribution in [2.24, 2.45) is 0 Å². The molecule has 0 aliphatic carbocycles. The molecule has 0 spiro atoms. The third-order valence-electron chi connectivity index (χ3n) is 4.19. The lowest BCUT2D eigenvalue weighted by Crippen LogP contribution is -2.51. The van der Waals surface area contributed by atoms with Crippen LogP contribution in [0.1, 0.15) is 26.3 Å². The summed E-state index contributed by atoms with van der Waals surface area (Å²) in [5, 5.41) is 26.4. The van der Waals surface area contributed by atoms with Crippen LogP contribution in [0.2, 0.25) is 0 Å². The first kappa shape index (κ1) is 21.9. The summed E-state index contributed by atoms with van der Waals surface area (Å²) < 4.78 is 11.0. The molecule has 0 saturated carbocycles. The number of β-amino-alcohol motifs (C(OH)–C–C–N with tert-alkyl or cyclic N) is 1. The minimum Gasteiger partial charge on any atom is -0.491 e. The zero-order valence-electron chi connectivity index (χ0n) is 16.6. The summed E-state index contributed by atoms with van der Waals surface area (Å²) in [4.78, 5) is 15.8. The molecule has 1 aromatic rings. The Bertz CT molecular complexity index is 651. The number of hydrogen-bond acceptors (Lipinski definition) is 7. The van der Waals surface area contributed by atoms with E-state index in [4.69, 9.17) is 20.1 Å². The van der Waals surface area contributed by atoms with Gasteiger partial charge in [0, 0.05) is 38.3 Å². The number of amides is 1. The monoisotopic (exact) mass is 394 g/mol. The van der Waals surface area contributed by atoms with E-state index in [2.05, 4.69) is 4.90 Å². The molecule has 1 unspecified atom stereocenters.